The monoisotopic (exact) mass is 455 g/mol. The molecule has 2 heterocycles. The predicted molar refractivity (Wildman–Crippen MR) is 124 cm³/mol. The highest BCUT2D eigenvalue weighted by Gasteiger charge is 2.26. The van der Waals surface area contributed by atoms with Crippen molar-refractivity contribution in [3.63, 3.8) is 0 Å². The smallest absolute Gasteiger partial charge is 0.278 e. The Morgan fingerprint density at radius 1 is 1.24 bits per heavy atom. The second-order valence-electron chi connectivity index (χ2n) is 7.51. The molecule has 0 saturated carbocycles. The van der Waals surface area contributed by atoms with Gasteiger partial charge in [0.05, 0.1) is 20.9 Å². The highest BCUT2D eigenvalue weighted by Crippen LogP contribution is 2.36. The summed E-state index contributed by atoms with van der Waals surface area (Å²) < 4.78 is 2.69. The third-order valence-electron chi connectivity index (χ3n) is 4.50. The van der Waals surface area contributed by atoms with Gasteiger partial charge >= 0.3 is 0 Å². The molecule has 0 atom stereocenters. The number of rotatable bonds is 6. The Balaban J connectivity index is 0.00000300. The first-order valence-electron chi connectivity index (χ1n) is 9.27. The third kappa shape index (κ3) is 4.91. The summed E-state index contributed by atoms with van der Waals surface area (Å²) >= 11 is 7.84. The van der Waals surface area contributed by atoms with Crippen LogP contribution < -0.4 is 4.90 Å². The molecule has 0 N–H and O–H groups in total. The van der Waals surface area contributed by atoms with Crippen LogP contribution in [0.2, 0.25) is 5.02 Å². The van der Waals surface area contributed by atoms with Gasteiger partial charge < -0.3 is 4.90 Å². The van der Waals surface area contributed by atoms with Crippen LogP contribution in [0.5, 0.6) is 0 Å². The third-order valence-corrected chi connectivity index (χ3v) is 6.04. The number of hydrogen-bond donors (Lipinski definition) is 0. The minimum atomic E-state index is -0.0935. The molecule has 2 aromatic heterocycles. The van der Waals surface area contributed by atoms with Crippen molar-refractivity contribution in [3.05, 3.63) is 40.2 Å². The second-order valence-corrected chi connectivity index (χ2v) is 8.89. The van der Waals surface area contributed by atoms with Crippen LogP contribution in [0, 0.1) is 13.8 Å². The van der Waals surface area contributed by atoms with E-state index in [0.717, 1.165) is 28.0 Å². The molecule has 9 heteroatoms. The summed E-state index contributed by atoms with van der Waals surface area (Å²) in [5, 5.41) is 5.81. The Hall–Kier alpha value is -1.67. The zero-order chi connectivity index (χ0) is 20.6. The van der Waals surface area contributed by atoms with Crippen molar-refractivity contribution in [2.24, 2.45) is 0 Å². The Bertz CT molecular complexity index is 973. The maximum atomic E-state index is 13.5. The van der Waals surface area contributed by atoms with E-state index in [0.29, 0.717) is 22.4 Å². The van der Waals surface area contributed by atoms with E-state index in [-0.39, 0.29) is 24.4 Å². The molecular formula is C20H27Cl2N5OS. The van der Waals surface area contributed by atoms with E-state index in [2.05, 4.69) is 10.00 Å². The first-order chi connectivity index (χ1) is 13.2. The maximum absolute atomic E-state index is 13.5. The molecular weight excluding hydrogens is 429 g/mol. The van der Waals surface area contributed by atoms with E-state index < -0.39 is 0 Å². The van der Waals surface area contributed by atoms with Gasteiger partial charge in [0.1, 0.15) is 5.69 Å². The Labute approximate surface area is 186 Å². The topological polar surface area (TPSA) is 54.3 Å². The van der Waals surface area contributed by atoms with Crippen LogP contribution in [0.15, 0.2) is 18.2 Å². The van der Waals surface area contributed by atoms with Crippen LogP contribution in [0.4, 0.5) is 5.13 Å². The number of amides is 1. The second kappa shape index (κ2) is 9.43. The molecule has 0 saturated heterocycles. The van der Waals surface area contributed by atoms with Crippen LogP contribution in [-0.4, -0.2) is 52.8 Å². The number of carbonyl (C=O) groups excluding carboxylic acids is 1. The van der Waals surface area contributed by atoms with Crippen LogP contribution >= 0.6 is 35.3 Å². The molecule has 0 unspecified atom stereocenters. The van der Waals surface area contributed by atoms with Gasteiger partial charge in [0.15, 0.2) is 5.13 Å². The molecule has 1 aromatic carbocycles. The standard InChI is InChI=1S/C20H26ClN5OS.ClH/c1-12(2)26-16(11-14(4)23-26)19(27)25(10-9-24(5)6)20-22-17-13(3)7-8-15(21)18(17)28-20;/h7-8,11-12H,9-10H2,1-6H3;1H. The normalized spacial score (nSPS) is 11.3. The molecule has 158 valence electrons. The van der Waals surface area contributed by atoms with E-state index in [1.54, 1.807) is 9.58 Å². The molecule has 0 aliphatic rings. The predicted octanol–water partition coefficient (Wildman–Crippen LogP) is 4.97. The van der Waals surface area contributed by atoms with Gasteiger partial charge in [0, 0.05) is 19.1 Å². The zero-order valence-electron chi connectivity index (χ0n) is 17.6. The highest BCUT2D eigenvalue weighted by atomic mass is 35.5. The number of fused-ring (bicyclic) bond motifs is 1. The van der Waals surface area contributed by atoms with Crippen LogP contribution in [0.1, 0.15) is 41.6 Å². The van der Waals surface area contributed by atoms with E-state index in [9.17, 15) is 4.79 Å². The Morgan fingerprint density at radius 3 is 2.52 bits per heavy atom. The lowest BCUT2D eigenvalue weighted by Gasteiger charge is -2.22. The highest BCUT2D eigenvalue weighted by molar-refractivity contribution is 7.23. The number of nitrogens with zero attached hydrogens (tertiary/aromatic N) is 5. The fourth-order valence-electron chi connectivity index (χ4n) is 3.00. The Morgan fingerprint density at radius 2 is 1.93 bits per heavy atom. The summed E-state index contributed by atoms with van der Waals surface area (Å²) in [6.07, 6.45) is 0. The lowest BCUT2D eigenvalue weighted by Crippen LogP contribution is -2.38. The SMILES string of the molecule is Cc1cc(C(=O)N(CCN(C)C)c2nc3c(C)ccc(Cl)c3s2)n(C(C)C)n1.Cl. The van der Waals surface area contributed by atoms with Gasteiger partial charge in [-0.2, -0.15) is 5.10 Å². The number of anilines is 1. The largest absolute Gasteiger partial charge is 0.308 e. The van der Waals surface area contributed by atoms with Crippen molar-refractivity contribution in [2.75, 3.05) is 32.1 Å². The summed E-state index contributed by atoms with van der Waals surface area (Å²) in [7, 11) is 3.98. The van der Waals surface area contributed by atoms with Crippen LogP contribution in [-0.2, 0) is 0 Å². The first-order valence-corrected chi connectivity index (χ1v) is 10.5. The first kappa shape index (κ1) is 23.6. The molecule has 0 spiro atoms. The van der Waals surface area contributed by atoms with Gasteiger partial charge in [-0.05, 0) is 59.5 Å². The van der Waals surface area contributed by atoms with Crippen molar-refractivity contribution >= 4 is 56.6 Å². The number of thiazole rings is 1. The number of benzene rings is 1. The number of hydrogen-bond acceptors (Lipinski definition) is 5. The lowest BCUT2D eigenvalue weighted by atomic mass is 10.2. The summed E-state index contributed by atoms with van der Waals surface area (Å²) in [6.45, 7) is 9.21. The fraction of sp³-hybridized carbons (Fsp3) is 0.450. The number of aromatic nitrogens is 3. The molecule has 29 heavy (non-hydrogen) atoms. The molecule has 1 amide bonds. The van der Waals surface area contributed by atoms with Gasteiger partial charge in [0.25, 0.3) is 5.91 Å². The van der Waals surface area contributed by atoms with Crippen molar-refractivity contribution in [2.45, 2.75) is 33.7 Å². The van der Waals surface area contributed by atoms with Crippen molar-refractivity contribution < 1.29 is 4.79 Å². The molecule has 6 nitrogen and oxygen atoms in total. The van der Waals surface area contributed by atoms with Gasteiger partial charge in [0.2, 0.25) is 0 Å². The Kier molecular flexibility index (Phi) is 7.67. The summed E-state index contributed by atoms with van der Waals surface area (Å²) in [6, 6.07) is 5.77. The summed E-state index contributed by atoms with van der Waals surface area (Å²) in [5.41, 5.74) is 3.30. The molecule has 0 fully saturated rings. The summed E-state index contributed by atoms with van der Waals surface area (Å²) in [5.74, 6) is -0.0935. The van der Waals surface area contributed by atoms with Gasteiger partial charge in [-0.3, -0.25) is 14.4 Å². The maximum Gasteiger partial charge on any atom is 0.278 e. The van der Waals surface area contributed by atoms with Crippen LogP contribution in [0.3, 0.4) is 0 Å². The van der Waals surface area contributed by atoms with Gasteiger partial charge in [-0.25, -0.2) is 4.98 Å². The number of likely N-dealkylation sites (N-methyl/N-ethyl adjacent to an activating group) is 1. The number of carbonyl (C=O) groups is 1. The molecule has 3 aromatic rings. The van der Waals surface area contributed by atoms with Gasteiger partial charge in [-0.15, -0.1) is 12.4 Å². The molecule has 3 rings (SSSR count). The molecule has 0 aliphatic carbocycles. The lowest BCUT2D eigenvalue weighted by molar-refractivity contribution is 0.0973. The molecule has 0 bridgehead atoms. The van der Waals surface area contributed by atoms with E-state index in [1.807, 2.05) is 60.0 Å². The van der Waals surface area contributed by atoms with E-state index in [1.165, 1.54) is 11.3 Å². The zero-order valence-corrected chi connectivity index (χ0v) is 20.0. The van der Waals surface area contributed by atoms with Crippen LogP contribution in [0.25, 0.3) is 10.2 Å². The van der Waals surface area contributed by atoms with E-state index >= 15 is 0 Å². The quantitative estimate of drug-likeness (QED) is 0.525. The van der Waals surface area contributed by atoms with E-state index in [4.69, 9.17) is 16.6 Å². The average Bonchev–Trinajstić information content (AvgIpc) is 3.23. The minimum Gasteiger partial charge on any atom is -0.308 e. The summed E-state index contributed by atoms with van der Waals surface area (Å²) in [4.78, 5) is 22.1. The van der Waals surface area contributed by atoms with Crippen molar-refractivity contribution in [1.82, 2.24) is 19.7 Å². The van der Waals surface area contributed by atoms with Crippen molar-refractivity contribution in [3.8, 4) is 0 Å². The molecule has 0 aliphatic heterocycles. The molecule has 0 radical (unpaired) electrons. The van der Waals surface area contributed by atoms with Gasteiger partial charge in [-0.1, -0.05) is 29.0 Å². The average molecular weight is 456 g/mol. The fourth-order valence-corrected chi connectivity index (χ4v) is 4.34. The van der Waals surface area contributed by atoms with Crippen molar-refractivity contribution in [1.29, 1.82) is 0 Å². The number of aryl methyl sites for hydroxylation is 2. The number of halogens is 2. The minimum absolute atomic E-state index is 0.